The number of rotatable bonds is 1. The molecule has 1 nitrogen and oxygen atoms in total. The van der Waals surface area contributed by atoms with Crippen LogP contribution in [0.15, 0.2) is 12.1 Å². The Morgan fingerprint density at radius 3 is 2.55 bits per heavy atom. The second kappa shape index (κ2) is 3.62. The van der Waals surface area contributed by atoms with Crippen LogP contribution in [0, 0.1) is 3.70 Å². The van der Waals surface area contributed by atoms with Gasteiger partial charge in [0.05, 0.1) is 0 Å². The van der Waals surface area contributed by atoms with Crippen molar-refractivity contribution in [2.45, 2.75) is 6.43 Å². The predicted molar refractivity (Wildman–Crippen MR) is 46.9 cm³/mol. The SMILES string of the molecule is FC(F)c1cc(Cl)nc(I)c1. The first kappa shape index (κ1) is 9.12. The minimum absolute atomic E-state index is 0.0885. The minimum atomic E-state index is -2.48. The fourth-order valence-electron chi connectivity index (χ4n) is 0.609. The van der Waals surface area contributed by atoms with Gasteiger partial charge in [-0.1, -0.05) is 11.6 Å². The van der Waals surface area contributed by atoms with Crippen LogP contribution in [-0.2, 0) is 0 Å². The zero-order chi connectivity index (χ0) is 8.43. The zero-order valence-corrected chi connectivity index (χ0v) is 8.10. The van der Waals surface area contributed by atoms with Gasteiger partial charge in [0.2, 0.25) is 0 Å². The summed E-state index contributed by atoms with van der Waals surface area (Å²) in [5.41, 5.74) is -0.0885. The Hall–Kier alpha value is 0.0300. The number of hydrogen-bond donors (Lipinski definition) is 0. The van der Waals surface area contributed by atoms with Crippen LogP contribution in [0.25, 0.3) is 0 Å². The van der Waals surface area contributed by atoms with Crippen molar-refractivity contribution in [3.8, 4) is 0 Å². The Labute approximate surface area is 80.9 Å². The molecule has 0 aliphatic carbocycles. The van der Waals surface area contributed by atoms with Gasteiger partial charge in [-0.3, -0.25) is 0 Å². The van der Waals surface area contributed by atoms with Gasteiger partial charge in [0.25, 0.3) is 6.43 Å². The third-order valence-electron chi connectivity index (χ3n) is 1.04. The highest BCUT2D eigenvalue weighted by molar-refractivity contribution is 14.1. The number of pyridine rings is 1. The van der Waals surface area contributed by atoms with Crippen molar-refractivity contribution in [2.24, 2.45) is 0 Å². The Morgan fingerprint density at radius 2 is 2.09 bits per heavy atom. The van der Waals surface area contributed by atoms with Crippen LogP contribution < -0.4 is 0 Å². The van der Waals surface area contributed by atoms with Crippen LogP contribution in [0.1, 0.15) is 12.0 Å². The molecule has 0 aliphatic rings. The molecule has 0 saturated heterocycles. The average molecular weight is 289 g/mol. The summed E-state index contributed by atoms with van der Waals surface area (Å²) in [6, 6.07) is 2.46. The molecule has 0 aromatic carbocycles. The van der Waals surface area contributed by atoms with E-state index in [1.54, 1.807) is 0 Å². The summed E-state index contributed by atoms with van der Waals surface area (Å²) in [7, 11) is 0. The van der Waals surface area contributed by atoms with E-state index in [1.165, 1.54) is 6.07 Å². The van der Waals surface area contributed by atoms with Crippen molar-refractivity contribution < 1.29 is 8.78 Å². The van der Waals surface area contributed by atoms with E-state index < -0.39 is 6.43 Å². The quantitative estimate of drug-likeness (QED) is 0.571. The van der Waals surface area contributed by atoms with E-state index in [9.17, 15) is 8.78 Å². The maximum Gasteiger partial charge on any atom is 0.264 e. The molecule has 0 bridgehead atoms. The third kappa shape index (κ3) is 2.52. The molecule has 1 rings (SSSR count). The van der Waals surface area contributed by atoms with E-state index in [-0.39, 0.29) is 10.7 Å². The molecule has 0 spiro atoms. The number of aromatic nitrogens is 1. The maximum atomic E-state index is 12.0. The van der Waals surface area contributed by atoms with Gasteiger partial charge in [0.15, 0.2) is 0 Å². The molecular formula is C6H3ClF2IN. The molecule has 60 valence electrons. The predicted octanol–water partition coefficient (Wildman–Crippen LogP) is 3.28. The summed E-state index contributed by atoms with van der Waals surface area (Å²) in [5, 5.41) is 0.104. The lowest BCUT2D eigenvalue weighted by Crippen LogP contribution is -1.88. The summed E-state index contributed by atoms with van der Waals surface area (Å²) >= 11 is 7.28. The van der Waals surface area contributed by atoms with Gasteiger partial charge >= 0.3 is 0 Å². The van der Waals surface area contributed by atoms with Gasteiger partial charge < -0.3 is 0 Å². The van der Waals surface area contributed by atoms with Crippen LogP contribution in [0.3, 0.4) is 0 Å². The molecule has 0 unspecified atom stereocenters. The molecule has 0 saturated carbocycles. The van der Waals surface area contributed by atoms with E-state index in [0.29, 0.717) is 3.70 Å². The van der Waals surface area contributed by atoms with Gasteiger partial charge in [0, 0.05) is 5.56 Å². The Morgan fingerprint density at radius 1 is 1.45 bits per heavy atom. The van der Waals surface area contributed by atoms with E-state index >= 15 is 0 Å². The normalized spacial score (nSPS) is 10.6. The fourth-order valence-corrected chi connectivity index (χ4v) is 1.59. The molecule has 1 aromatic heterocycles. The molecule has 1 aromatic rings. The van der Waals surface area contributed by atoms with Crippen molar-refractivity contribution in [1.82, 2.24) is 4.98 Å². The van der Waals surface area contributed by atoms with Gasteiger partial charge in [-0.15, -0.1) is 0 Å². The standard InChI is InChI=1S/C6H3ClF2IN/c7-4-1-3(6(8)9)2-5(10)11-4/h1-2,6H. The van der Waals surface area contributed by atoms with Gasteiger partial charge in [0.1, 0.15) is 8.85 Å². The van der Waals surface area contributed by atoms with Crippen LogP contribution in [0.2, 0.25) is 5.15 Å². The molecule has 0 fully saturated rings. The lowest BCUT2D eigenvalue weighted by Gasteiger charge is -1.99. The minimum Gasteiger partial charge on any atom is -0.230 e. The first-order valence-electron chi connectivity index (χ1n) is 2.70. The molecular weight excluding hydrogens is 286 g/mol. The highest BCUT2D eigenvalue weighted by Gasteiger charge is 2.08. The topological polar surface area (TPSA) is 12.9 Å². The Bertz CT molecular complexity index is 247. The smallest absolute Gasteiger partial charge is 0.230 e. The van der Waals surface area contributed by atoms with Gasteiger partial charge in [-0.05, 0) is 34.7 Å². The van der Waals surface area contributed by atoms with Crippen LogP contribution in [-0.4, -0.2) is 4.98 Å². The summed E-state index contributed by atoms with van der Waals surface area (Å²) in [5.74, 6) is 0. The summed E-state index contributed by atoms with van der Waals surface area (Å²) < 4.78 is 24.6. The first-order valence-corrected chi connectivity index (χ1v) is 4.16. The molecule has 1 heterocycles. The maximum absolute atomic E-state index is 12.0. The largest absolute Gasteiger partial charge is 0.264 e. The van der Waals surface area contributed by atoms with Gasteiger partial charge in [-0.25, -0.2) is 13.8 Å². The highest BCUT2D eigenvalue weighted by Crippen LogP contribution is 2.22. The van der Waals surface area contributed by atoms with E-state index in [0.717, 1.165) is 6.07 Å². The van der Waals surface area contributed by atoms with Crippen molar-refractivity contribution in [2.75, 3.05) is 0 Å². The molecule has 0 atom stereocenters. The monoisotopic (exact) mass is 289 g/mol. The summed E-state index contributed by atoms with van der Waals surface area (Å²) in [4.78, 5) is 3.74. The highest BCUT2D eigenvalue weighted by atomic mass is 127. The number of hydrogen-bond acceptors (Lipinski definition) is 1. The van der Waals surface area contributed by atoms with Crippen LogP contribution in [0.5, 0.6) is 0 Å². The molecule has 11 heavy (non-hydrogen) atoms. The average Bonchev–Trinajstić information content (AvgIpc) is 1.85. The van der Waals surface area contributed by atoms with Crippen molar-refractivity contribution in [1.29, 1.82) is 0 Å². The lowest BCUT2D eigenvalue weighted by molar-refractivity contribution is 0.151. The second-order valence-corrected chi connectivity index (χ2v) is 3.34. The molecule has 5 heteroatoms. The zero-order valence-electron chi connectivity index (χ0n) is 5.19. The molecule has 0 aliphatic heterocycles. The van der Waals surface area contributed by atoms with Crippen molar-refractivity contribution in [3.05, 3.63) is 26.5 Å². The van der Waals surface area contributed by atoms with Crippen LogP contribution >= 0.6 is 34.2 Å². The molecule has 0 radical (unpaired) electrons. The molecule has 0 N–H and O–H groups in total. The van der Waals surface area contributed by atoms with E-state index in [2.05, 4.69) is 4.98 Å². The number of alkyl halides is 2. The Balaban J connectivity index is 3.08. The van der Waals surface area contributed by atoms with Crippen molar-refractivity contribution >= 4 is 34.2 Å². The fraction of sp³-hybridized carbons (Fsp3) is 0.167. The van der Waals surface area contributed by atoms with Gasteiger partial charge in [-0.2, -0.15) is 0 Å². The summed E-state index contributed by atoms with van der Waals surface area (Å²) in [6.07, 6.45) is -2.48. The number of nitrogens with zero attached hydrogens (tertiary/aromatic N) is 1. The lowest BCUT2D eigenvalue weighted by atomic mass is 10.3. The van der Waals surface area contributed by atoms with Crippen molar-refractivity contribution in [3.63, 3.8) is 0 Å². The Kier molecular flexibility index (Phi) is 3.00. The van der Waals surface area contributed by atoms with E-state index in [1.807, 2.05) is 22.6 Å². The first-order chi connectivity index (χ1) is 5.09. The van der Waals surface area contributed by atoms with E-state index in [4.69, 9.17) is 11.6 Å². The van der Waals surface area contributed by atoms with Crippen LogP contribution in [0.4, 0.5) is 8.78 Å². The number of halogens is 4. The molecule has 0 amide bonds. The summed E-state index contributed by atoms with van der Waals surface area (Å²) in [6.45, 7) is 0. The second-order valence-electron chi connectivity index (χ2n) is 1.85. The third-order valence-corrected chi connectivity index (χ3v) is 1.78.